The Morgan fingerprint density at radius 1 is 1.45 bits per heavy atom. The minimum atomic E-state index is -0.564. The third-order valence-electron chi connectivity index (χ3n) is 3.21. The maximum atomic E-state index is 12.2. The second kappa shape index (κ2) is 5.12. The van der Waals surface area contributed by atoms with Crippen molar-refractivity contribution in [2.45, 2.75) is 27.3 Å². The molecule has 0 atom stereocenters. The fourth-order valence-corrected chi connectivity index (χ4v) is 1.96. The van der Waals surface area contributed by atoms with Crippen molar-refractivity contribution in [1.29, 1.82) is 0 Å². The highest BCUT2D eigenvalue weighted by Crippen LogP contribution is 2.24. The van der Waals surface area contributed by atoms with E-state index in [0.717, 1.165) is 11.1 Å². The number of benzene rings is 1. The average Bonchev–Trinajstić information content (AvgIpc) is 2.71. The van der Waals surface area contributed by atoms with Gasteiger partial charge in [-0.3, -0.25) is 9.59 Å². The zero-order valence-electron chi connectivity index (χ0n) is 12.1. The van der Waals surface area contributed by atoms with Gasteiger partial charge in [-0.15, -0.1) is 0 Å². The SMILES string of the molecule is C=Cc1ccc2c(c1)C(=O)N(COC(=O)C(C)(C)C)C2. The molecule has 2 rings (SSSR count). The second-order valence-corrected chi connectivity index (χ2v) is 5.93. The van der Waals surface area contributed by atoms with Gasteiger partial charge in [-0.1, -0.05) is 24.8 Å². The quantitative estimate of drug-likeness (QED) is 0.796. The van der Waals surface area contributed by atoms with Gasteiger partial charge in [0.05, 0.1) is 12.0 Å². The van der Waals surface area contributed by atoms with Gasteiger partial charge in [-0.05, 0) is 38.0 Å². The second-order valence-electron chi connectivity index (χ2n) is 5.93. The standard InChI is InChI=1S/C16H19NO3/c1-5-11-6-7-12-9-17(14(18)13(12)8-11)10-20-15(19)16(2,3)4/h5-8H,1,9-10H2,2-4H3. The minimum absolute atomic E-state index is 0.00691. The number of rotatable bonds is 3. The first-order chi connectivity index (χ1) is 9.32. The van der Waals surface area contributed by atoms with Gasteiger partial charge in [0, 0.05) is 5.56 Å². The summed E-state index contributed by atoms with van der Waals surface area (Å²) in [6.45, 7) is 9.51. The molecule has 0 N–H and O–H groups in total. The molecule has 1 aliphatic rings. The van der Waals surface area contributed by atoms with E-state index in [1.54, 1.807) is 26.8 Å². The number of nitrogens with zero attached hydrogens (tertiary/aromatic N) is 1. The van der Waals surface area contributed by atoms with Crippen LogP contribution in [0.5, 0.6) is 0 Å². The number of ether oxygens (including phenoxy) is 1. The lowest BCUT2D eigenvalue weighted by atomic mass is 9.98. The Morgan fingerprint density at radius 2 is 2.15 bits per heavy atom. The van der Waals surface area contributed by atoms with Crippen molar-refractivity contribution in [2.24, 2.45) is 5.41 Å². The third kappa shape index (κ3) is 2.74. The van der Waals surface area contributed by atoms with Crippen LogP contribution in [0.3, 0.4) is 0 Å². The van der Waals surface area contributed by atoms with Gasteiger partial charge in [0.25, 0.3) is 5.91 Å². The molecule has 4 nitrogen and oxygen atoms in total. The Kier molecular flexibility index (Phi) is 3.66. The van der Waals surface area contributed by atoms with Crippen molar-refractivity contribution in [3.05, 3.63) is 41.5 Å². The van der Waals surface area contributed by atoms with Crippen molar-refractivity contribution in [2.75, 3.05) is 6.73 Å². The van der Waals surface area contributed by atoms with E-state index in [-0.39, 0.29) is 18.6 Å². The summed E-state index contributed by atoms with van der Waals surface area (Å²) in [6, 6.07) is 5.65. The van der Waals surface area contributed by atoms with Crippen LogP contribution >= 0.6 is 0 Å². The summed E-state index contributed by atoms with van der Waals surface area (Å²) >= 11 is 0. The van der Waals surface area contributed by atoms with Gasteiger partial charge in [0.2, 0.25) is 0 Å². The van der Waals surface area contributed by atoms with E-state index in [2.05, 4.69) is 6.58 Å². The summed E-state index contributed by atoms with van der Waals surface area (Å²) in [7, 11) is 0. The molecule has 1 aromatic carbocycles. The zero-order valence-corrected chi connectivity index (χ0v) is 12.1. The van der Waals surface area contributed by atoms with Crippen LogP contribution in [-0.4, -0.2) is 23.5 Å². The number of carbonyl (C=O) groups excluding carboxylic acids is 2. The molecule has 1 aromatic rings. The summed E-state index contributed by atoms with van der Waals surface area (Å²) in [4.78, 5) is 25.5. The third-order valence-corrected chi connectivity index (χ3v) is 3.21. The Hall–Kier alpha value is -2.10. The van der Waals surface area contributed by atoms with Crippen LogP contribution in [0.15, 0.2) is 24.8 Å². The number of esters is 1. The molecular weight excluding hydrogens is 254 g/mol. The van der Waals surface area contributed by atoms with Crippen LogP contribution in [0.2, 0.25) is 0 Å². The van der Waals surface area contributed by atoms with Crippen molar-refractivity contribution >= 4 is 18.0 Å². The maximum absolute atomic E-state index is 12.2. The van der Waals surface area contributed by atoms with Crippen LogP contribution in [0, 0.1) is 5.41 Å². The fraction of sp³-hybridized carbons (Fsp3) is 0.375. The predicted molar refractivity (Wildman–Crippen MR) is 76.8 cm³/mol. The molecule has 0 saturated heterocycles. The molecule has 0 unspecified atom stereocenters. The highest BCUT2D eigenvalue weighted by atomic mass is 16.5. The van der Waals surface area contributed by atoms with Crippen LogP contribution < -0.4 is 0 Å². The summed E-state index contributed by atoms with van der Waals surface area (Å²) in [5, 5.41) is 0. The average molecular weight is 273 g/mol. The number of hydrogen-bond acceptors (Lipinski definition) is 3. The molecule has 20 heavy (non-hydrogen) atoms. The monoisotopic (exact) mass is 273 g/mol. The van der Waals surface area contributed by atoms with Gasteiger partial charge in [0.1, 0.15) is 0 Å². The first kappa shape index (κ1) is 14.3. The molecule has 0 aromatic heterocycles. The van der Waals surface area contributed by atoms with Crippen LogP contribution in [-0.2, 0) is 16.1 Å². The number of amides is 1. The van der Waals surface area contributed by atoms with E-state index in [0.29, 0.717) is 12.1 Å². The molecule has 0 aliphatic carbocycles. The normalized spacial score (nSPS) is 14.2. The lowest BCUT2D eigenvalue weighted by molar-refractivity contribution is -0.156. The lowest BCUT2D eigenvalue weighted by Crippen LogP contribution is -2.32. The Labute approximate surface area is 119 Å². The maximum Gasteiger partial charge on any atom is 0.312 e. The largest absolute Gasteiger partial charge is 0.444 e. The van der Waals surface area contributed by atoms with Gasteiger partial charge in [-0.2, -0.15) is 0 Å². The number of carbonyl (C=O) groups is 2. The lowest BCUT2D eigenvalue weighted by Gasteiger charge is -2.20. The molecule has 1 amide bonds. The molecule has 0 fully saturated rings. The number of fused-ring (bicyclic) bond motifs is 1. The van der Waals surface area contributed by atoms with E-state index < -0.39 is 5.41 Å². The van der Waals surface area contributed by atoms with E-state index in [1.165, 1.54) is 4.90 Å². The van der Waals surface area contributed by atoms with Crippen molar-refractivity contribution < 1.29 is 14.3 Å². The van der Waals surface area contributed by atoms with E-state index in [1.807, 2.05) is 18.2 Å². The molecule has 1 heterocycles. The zero-order chi connectivity index (χ0) is 14.9. The van der Waals surface area contributed by atoms with Crippen molar-refractivity contribution in [1.82, 2.24) is 4.90 Å². The van der Waals surface area contributed by atoms with E-state index in [4.69, 9.17) is 4.74 Å². The summed E-state index contributed by atoms with van der Waals surface area (Å²) in [6.07, 6.45) is 1.70. The smallest absolute Gasteiger partial charge is 0.312 e. The Balaban J connectivity index is 2.06. The molecule has 0 bridgehead atoms. The Morgan fingerprint density at radius 3 is 2.75 bits per heavy atom. The molecule has 106 valence electrons. The molecule has 1 aliphatic heterocycles. The first-order valence-corrected chi connectivity index (χ1v) is 6.55. The summed E-state index contributed by atoms with van der Waals surface area (Å²) in [5.41, 5.74) is 1.96. The minimum Gasteiger partial charge on any atom is -0.444 e. The fourth-order valence-electron chi connectivity index (χ4n) is 1.96. The first-order valence-electron chi connectivity index (χ1n) is 6.55. The topological polar surface area (TPSA) is 46.6 Å². The summed E-state index contributed by atoms with van der Waals surface area (Å²) < 4.78 is 5.19. The van der Waals surface area contributed by atoms with Crippen LogP contribution in [0.25, 0.3) is 6.08 Å². The molecule has 4 heteroatoms. The Bertz CT molecular complexity index is 570. The van der Waals surface area contributed by atoms with Gasteiger partial charge in [0.15, 0.2) is 6.73 Å². The summed E-state index contributed by atoms with van der Waals surface area (Å²) in [5.74, 6) is -0.418. The molecule has 0 spiro atoms. The van der Waals surface area contributed by atoms with Crippen molar-refractivity contribution in [3.63, 3.8) is 0 Å². The van der Waals surface area contributed by atoms with Gasteiger partial charge >= 0.3 is 5.97 Å². The van der Waals surface area contributed by atoms with Crippen LogP contribution in [0.4, 0.5) is 0 Å². The molecule has 0 saturated carbocycles. The number of hydrogen-bond donors (Lipinski definition) is 0. The predicted octanol–water partition coefficient (Wildman–Crippen LogP) is 2.83. The highest BCUT2D eigenvalue weighted by Gasteiger charge is 2.30. The van der Waals surface area contributed by atoms with Gasteiger partial charge in [-0.25, -0.2) is 0 Å². The molecule has 0 radical (unpaired) electrons. The highest BCUT2D eigenvalue weighted by molar-refractivity contribution is 5.98. The van der Waals surface area contributed by atoms with E-state index in [9.17, 15) is 9.59 Å². The van der Waals surface area contributed by atoms with Gasteiger partial charge < -0.3 is 9.64 Å². The van der Waals surface area contributed by atoms with Crippen molar-refractivity contribution in [3.8, 4) is 0 Å². The van der Waals surface area contributed by atoms with Crippen LogP contribution in [0.1, 0.15) is 42.3 Å². The van der Waals surface area contributed by atoms with E-state index >= 15 is 0 Å². The molecular formula is C16H19NO3.